The number of halogens is 2. The van der Waals surface area contributed by atoms with Crippen molar-refractivity contribution in [1.82, 2.24) is 0 Å². The minimum atomic E-state index is -1.50. The van der Waals surface area contributed by atoms with Gasteiger partial charge in [-0.05, 0) is 0 Å². The third kappa shape index (κ3) is 115. The van der Waals surface area contributed by atoms with Crippen LogP contribution in [-0.4, -0.2) is 59.2 Å². The van der Waals surface area contributed by atoms with Crippen molar-refractivity contribution in [2.75, 3.05) is 0 Å². The van der Waals surface area contributed by atoms with Gasteiger partial charge in [0.25, 0.3) is 5.09 Å². The molecule has 0 fully saturated rings. The molecule has 0 saturated heterocycles. The smallest absolute Gasteiger partial charge is 1.00 e. The number of rotatable bonds is 0. The first-order chi connectivity index (χ1) is 1.73. The summed E-state index contributed by atoms with van der Waals surface area (Å²) in [6.07, 6.45) is 0. The van der Waals surface area contributed by atoms with Gasteiger partial charge in [-0.1, -0.05) is 0 Å². The van der Waals surface area contributed by atoms with Gasteiger partial charge in [0.2, 0.25) is 0 Å². The van der Waals surface area contributed by atoms with E-state index < -0.39 is 5.09 Å². The van der Waals surface area contributed by atoms with Crippen molar-refractivity contribution in [2.45, 2.75) is 0 Å². The zero-order chi connectivity index (χ0) is 3.58. The summed E-state index contributed by atoms with van der Waals surface area (Å²) in [6, 6.07) is 0. The Kier molecular flexibility index (Phi) is 53.3. The predicted octanol–water partition coefficient (Wildman–Crippen LogP) is -6.72. The van der Waals surface area contributed by atoms with Crippen molar-refractivity contribution in [3.63, 3.8) is 0 Å². The van der Waals surface area contributed by atoms with Crippen LogP contribution in [0, 0.1) is 10.1 Å². The van der Waals surface area contributed by atoms with E-state index in [1.54, 1.807) is 0 Å². The van der Waals surface area contributed by atoms with Gasteiger partial charge in [0.1, 0.15) is 0 Å². The van der Waals surface area contributed by atoms with Crippen LogP contribution in [0.4, 0.5) is 0 Å². The maximum absolute atomic E-state index is 8.36. The van der Waals surface area contributed by atoms with Gasteiger partial charge >= 0.3 is 48.9 Å². The van der Waals surface area contributed by atoms with Crippen molar-refractivity contribution in [3.8, 4) is 0 Å². The van der Waals surface area contributed by atoms with Gasteiger partial charge in [0.15, 0.2) is 0 Å². The molecule has 0 unspecified atom stereocenters. The fourth-order valence-electron chi connectivity index (χ4n) is 0. The Morgan fingerprint density at radius 3 is 1.43 bits per heavy atom. The summed E-state index contributed by atoms with van der Waals surface area (Å²) in [5.74, 6) is 0. The average Bonchev–Trinajstić information content (AvgIpc) is 0.811. The molecule has 0 radical (unpaired) electrons. The molecule has 7 heavy (non-hydrogen) atoms. The van der Waals surface area contributed by atoms with Gasteiger partial charge in [-0.15, -0.1) is 10.1 Å². The molecule has 0 spiro atoms. The first-order valence-corrected chi connectivity index (χ1v) is 0.565. The van der Waals surface area contributed by atoms with Crippen LogP contribution in [0.15, 0.2) is 0 Å². The normalized spacial score (nSPS) is 3.43. The molecular formula is HBaCl2NO3. The molecule has 0 aromatic heterocycles. The predicted molar refractivity (Wildman–Crippen MR) is 14.5 cm³/mol. The SMILES string of the molecule is O=[N+]([O-])O.[Ba+2].[Cl-].[Cl-]. The Morgan fingerprint density at radius 1 is 1.43 bits per heavy atom. The fourth-order valence-corrected chi connectivity index (χ4v) is 0. The van der Waals surface area contributed by atoms with E-state index in [0.717, 1.165) is 0 Å². The maximum Gasteiger partial charge on any atom is 2.00 e. The Balaban J connectivity index is -0.0000000150. The first-order valence-electron chi connectivity index (χ1n) is 0.565. The van der Waals surface area contributed by atoms with Crippen molar-refractivity contribution < 1.29 is 35.1 Å². The van der Waals surface area contributed by atoms with E-state index in [1.165, 1.54) is 0 Å². The van der Waals surface area contributed by atoms with Crippen molar-refractivity contribution in [1.29, 1.82) is 0 Å². The standard InChI is InChI=1S/Ba.2ClH.HNO3/c;;;2-1(3)4/h;2*1H;(H,2,3,4)/q+2;;;/p-2. The topological polar surface area (TPSA) is 63.4 Å². The molecular weight excluding hydrogens is 270 g/mol. The molecule has 1 N–H and O–H groups in total. The Morgan fingerprint density at radius 2 is 1.43 bits per heavy atom. The quantitative estimate of drug-likeness (QED) is 0.271. The Hall–Kier alpha value is 1.35. The maximum atomic E-state index is 8.36. The zero-order valence-corrected chi connectivity index (χ0v) is 9.13. The van der Waals surface area contributed by atoms with Gasteiger partial charge in [0, 0.05) is 0 Å². The molecule has 4 nitrogen and oxygen atoms in total. The van der Waals surface area contributed by atoms with Crippen molar-refractivity contribution in [3.05, 3.63) is 10.1 Å². The van der Waals surface area contributed by atoms with Crippen LogP contribution in [0.3, 0.4) is 0 Å². The summed E-state index contributed by atoms with van der Waals surface area (Å²) in [5.41, 5.74) is 0. The molecule has 0 aliphatic rings. The minimum Gasteiger partial charge on any atom is -1.00 e. The van der Waals surface area contributed by atoms with Crippen molar-refractivity contribution >= 4 is 48.9 Å². The molecule has 40 valence electrons. The first kappa shape index (κ1) is 23.8. The van der Waals surface area contributed by atoms with Crippen LogP contribution in [0.25, 0.3) is 0 Å². The molecule has 0 atom stereocenters. The van der Waals surface area contributed by atoms with Crippen LogP contribution < -0.4 is 24.8 Å². The summed E-state index contributed by atoms with van der Waals surface area (Å²) < 4.78 is 0. The van der Waals surface area contributed by atoms with E-state index in [-0.39, 0.29) is 73.7 Å². The van der Waals surface area contributed by atoms with E-state index in [2.05, 4.69) is 0 Å². The molecule has 0 aromatic carbocycles. The summed E-state index contributed by atoms with van der Waals surface area (Å²) >= 11 is 0. The molecule has 0 aliphatic carbocycles. The second-order valence-corrected chi connectivity index (χ2v) is 0.238. The zero-order valence-electron chi connectivity index (χ0n) is 3.17. The van der Waals surface area contributed by atoms with E-state index in [4.69, 9.17) is 15.3 Å². The van der Waals surface area contributed by atoms with Crippen LogP contribution in [0.1, 0.15) is 0 Å². The number of hydrogen-bond acceptors (Lipinski definition) is 2. The summed E-state index contributed by atoms with van der Waals surface area (Å²) in [7, 11) is 0. The van der Waals surface area contributed by atoms with E-state index in [1.807, 2.05) is 0 Å². The van der Waals surface area contributed by atoms with Gasteiger partial charge < -0.3 is 30.0 Å². The summed E-state index contributed by atoms with van der Waals surface area (Å²) in [5, 5.41) is 13.6. The number of hydrogen-bond donors (Lipinski definition) is 1. The third-order valence-electron chi connectivity index (χ3n) is 0. The molecule has 0 aliphatic heterocycles. The average molecular weight is 271 g/mol. The van der Waals surface area contributed by atoms with Gasteiger partial charge in [-0.3, -0.25) is 0 Å². The van der Waals surface area contributed by atoms with E-state index in [0.29, 0.717) is 0 Å². The van der Waals surface area contributed by atoms with Crippen molar-refractivity contribution in [2.24, 2.45) is 0 Å². The number of nitrogens with zero attached hydrogens (tertiary/aromatic N) is 1. The second kappa shape index (κ2) is 15.7. The fraction of sp³-hybridized carbons (Fsp3) is 0. The van der Waals surface area contributed by atoms with Crippen LogP contribution >= 0.6 is 0 Å². The van der Waals surface area contributed by atoms with Crippen LogP contribution in [-0.2, 0) is 0 Å². The second-order valence-electron chi connectivity index (χ2n) is 0.238. The Bertz CT molecular complexity index is 35.9. The van der Waals surface area contributed by atoms with Crippen LogP contribution in [0.2, 0.25) is 0 Å². The van der Waals surface area contributed by atoms with Gasteiger partial charge in [-0.25, -0.2) is 0 Å². The van der Waals surface area contributed by atoms with E-state index >= 15 is 0 Å². The minimum absolute atomic E-state index is 0. The molecule has 0 saturated carbocycles. The molecule has 0 aromatic rings. The van der Waals surface area contributed by atoms with Gasteiger partial charge in [0.05, 0.1) is 0 Å². The molecule has 7 heteroatoms. The molecule has 0 amide bonds. The van der Waals surface area contributed by atoms with Gasteiger partial charge in [-0.2, -0.15) is 0 Å². The molecule has 0 rings (SSSR count). The Labute approximate surface area is 92.7 Å². The monoisotopic (exact) mass is 271 g/mol. The summed E-state index contributed by atoms with van der Waals surface area (Å²) in [6.45, 7) is 0. The summed E-state index contributed by atoms with van der Waals surface area (Å²) in [4.78, 5) is 8.36. The van der Waals surface area contributed by atoms with Crippen LogP contribution in [0.5, 0.6) is 0 Å². The molecule has 0 heterocycles. The third-order valence-corrected chi connectivity index (χ3v) is 0. The molecule has 0 bridgehead atoms. The van der Waals surface area contributed by atoms with E-state index in [9.17, 15) is 0 Å². The largest absolute Gasteiger partial charge is 2.00 e.